The lowest BCUT2D eigenvalue weighted by molar-refractivity contribution is -0.0908. The van der Waals surface area contributed by atoms with Crippen LogP contribution in [0.15, 0.2) is 30.3 Å². The Kier molecular flexibility index (Phi) is 2.51. The molecule has 4 fully saturated rings. The molecule has 1 N–H and O–H groups in total. The van der Waals surface area contributed by atoms with Crippen LogP contribution in [0.2, 0.25) is 0 Å². The summed E-state index contributed by atoms with van der Waals surface area (Å²) < 4.78 is 0. The van der Waals surface area contributed by atoms with Gasteiger partial charge < -0.3 is 5.11 Å². The summed E-state index contributed by atoms with van der Waals surface area (Å²) in [6.45, 7) is 0. The van der Waals surface area contributed by atoms with Gasteiger partial charge in [-0.05, 0) is 67.3 Å². The van der Waals surface area contributed by atoms with E-state index in [2.05, 4.69) is 24.3 Å². The van der Waals surface area contributed by atoms with Gasteiger partial charge in [-0.15, -0.1) is 0 Å². The molecule has 4 aliphatic rings. The minimum absolute atomic E-state index is 0.221. The standard InChI is InChI=1S/C17H22O/c18-17(13-4-2-1-3-5-13)16-14-7-11-6-12(9-14)10-15(16)8-11/h1-5,11-12,14-18H,6-10H2. The average molecular weight is 242 g/mol. The Balaban J connectivity index is 1.61. The quantitative estimate of drug-likeness (QED) is 0.836. The minimum Gasteiger partial charge on any atom is -0.388 e. The summed E-state index contributed by atoms with van der Waals surface area (Å²) >= 11 is 0. The normalized spacial score (nSPS) is 43.1. The van der Waals surface area contributed by atoms with Crippen molar-refractivity contribution >= 4 is 0 Å². The Morgan fingerprint density at radius 1 is 0.833 bits per heavy atom. The lowest BCUT2D eigenvalue weighted by atomic mass is 9.50. The minimum atomic E-state index is -0.221. The predicted octanol–water partition coefficient (Wildman–Crippen LogP) is 3.79. The van der Waals surface area contributed by atoms with E-state index in [1.54, 1.807) is 0 Å². The first-order valence-corrected chi connectivity index (χ1v) is 7.54. The van der Waals surface area contributed by atoms with Gasteiger partial charge in [-0.25, -0.2) is 0 Å². The van der Waals surface area contributed by atoms with Crippen LogP contribution in [0.1, 0.15) is 43.8 Å². The fourth-order valence-electron chi connectivity index (χ4n) is 5.36. The molecular formula is C17H22O. The maximum absolute atomic E-state index is 10.8. The van der Waals surface area contributed by atoms with Crippen LogP contribution in [0.3, 0.4) is 0 Å². The van der Waals surface area contributed by atoms with Crippen LogP contribution in [0.4, 0.5) is 0 Å². The van der Waals surface area contributed by atoms with Crippen molar-refractivity contribution in [2.45, 2.75) is 38.2 Å². The highest BCUT2D eigenvalue weighted by atomic mass is 16.3. The van der Waals surface area contributed by atoms with Gasteiger partial charge in [0.15, 0.2) is 0 Å². The Morgan fingerprint density at radius 2 is 1.39 bits per heavy atom. The lowest BCUT2D eigenvalue weighted by Gasteiger charge is -2.55. The zero-order chi connectivity index (χ0) is 12.1. The molecule has 1 aromatic rings. The van der Waals surface area contributed by atoms with Gasteiger partial charge in [-0.1, -0.05) is 30.3 Å². The first-order chi connectivity index (χ1) is 8.81. The topological polar surface area (TPSA) is 20.2 Å². The van der Waals surface area contributed by atoms with Gasteiger partial charge in [0.05, 0.1) is 6.10 Å². The van der Waals surface area contributed by atoms with Gasteiger partial charge in [0.2, 0.25) is 0 Å². The van der Waals surface area contributed by atoms with Crippen LogP contribution in [0, 0.1) is 29.6 Å². The molecule has 0 saturated heterocycles. The molecule has 1 aromatic carbocycles. The molecule has 0 amide bonds. The van der Waals surface area contributed by atoms with Crippen molar-refractivity contribution in [1.29, 1.82) is 0 Å². The molecule has 0 heterocycles. The maximum Gasteiger partial charge on any atom is 0.0823 e. The van der Waals surface area contributed by atoms with E-state index in [1.165, 1.54) is 32.1 Å². The second-order valence-electron chi connectivity index (χ2n) is 6.86. The summed E-state index contributed by atoms with van der Waals surface area (Å²) in [6.07, 6.45) is 6.83. The van der Waals surface area contributed by atoms with Gasteiger partial charge in [0, 0.05) is 0 Å². The van der Waals surface area contributed by atoms with Gasteiger partial charge >= 0.3 is 0 Å². The van der Waals surface area contributed by atoms with Gasteiger partial charge in [0.25, 0.3) is 0 Å². The van der Waals surface area contributed by atoms with E-state index in [0.717, 1.165) is 29.2 Å². The van der Waals surface area contributed by atoms with Crippen LogP contribution in [-0.4, -0.2) is 5.11 Å². The summed E-state index contributed by atoms with van der Waals surface area (Å²) in [5.74, 6) is 4.13. The summed E-state index contributed by atoms with van der Waals surface area (Å²) in [5.41, 5.74) is 1.13. The van der Waals surface area contributed by atoms with Crippen molar-refractivity contribution < 1.29 is 5.11 Å². The van der Waals surface area contributed by atoms with E-state index < -0.39 is 0 Å². The SMILES string of the molecule is OC(c1ccccc1)C1C2CC3CC(C2)CC1C3. The van der Waals surface area contributed by atoms with Crippen LogP contribution in [-0.2, 0) is 0 Å². The monoisotopic (exact) mass is 242 g/mol. The molecule has 0 aliphatic heterocycles. The average Bonchev–Trinajstić information content (AvgIpc) is 2.38. The first kappa shape index (κ1) is 11.0. The van der Waals surface area contributed by atoms with E-state index in [0.29, 0.717) is 5.92 Å². The number of rotatable bonds is 2. The molecule has 1 nitrogen and oxygen atoms in total. The van der Waals surface area contributed by atoms with Crippen molar-refractivity contribution in [3.05, 3.63) is 35.9 Å². The fourth-order valence-corrected chi connectivity index (χ4v) is 5.36. The molecule has 0 aromatic heterocycles. The Morgan fingerprint density at radius 3 is 1.94 bits per heavy atom. The number of benzene rings is 1. The van der Waals surface area contributed by atoms with Gasteiger partial charge in [-0.2, -0.15) is 0 Å². The smallest absolute Gasteiger partial charge is 0.0823 e. The zero-order valence-electron chi connectivity index (χ0n) is 10.8. The Labute approximate surface area is 109 Å². The zero-order valence-corrected chi connectivity index (χ0v) is 10.8. The third kappa shape index (κ3) is 1.64. The molecule has 4 bridgehead atoms. The lowest BCUT2D eigenvalue weighted by Crippen LogP contribution is -2.47. The van der Waals surface area contributed by atoms with Crippen molar-refractivity contribution in [2.75, 3.05) is 0 Å². The second kappa shape index (κ2) is 4.09. The summed E-state index contributed by atoms with van der Waals surface area (Å²) in [4.78, 5) is 0. The van der Waals surface area contributed by atoms with E-state index in [9.17, 15) is 5.11 Å². The van der Waals surface area contributed by atoms with Crippen LogP contribution in [0.5, 0.6) is 0 Å². The maximum atomic E-state index is 10.8. The molecule has 4 saturated carbocycles. The number of hydrogen-bond donors (Lipinski definition) is 1. The highest BCUT2D eigenvalue weighted by Crippen LogP contribution is 2.59. The summed E-state index contributed by atoms with van der Waals surface area (Å²) in [6, 6.07) is 10.3. The van der Waals surface area contributed by atoms with Crippen molar-refractivity contribution in [2.24, 2.45) is 29.6 Å². The van der Waals surface area contributed by atoms with Crippen molar-refractivity contribution in [1.82, 2.24) is 0 Å². The van der Waals surface area contributed by atoms with E-state index in [1.807, 2.05) is 6.07 Å². The van der Waals surface area contributed by atoms with Crippen LogP contribution < -0.4 is 0 Å². The van der Waals surface area contributed by atoms with Crippen LogP contribution in [0.25, 0.3) is 0 Å². The number of aliphatic hydroxyl groups excluding tert-OH is 1. The highest BCUT2D eigenvalue weighted by molar-refractivity contribution is 5.19. The van der Waals surface area contributed by atoms with Crippen LogP contribution >= 0.6 is 0 Å². The number of aliphatic hydroxyl groups is 1. The van der Waals surface area contributed by atoms with Crippen molar-refractivity contribution in [3.63, 3.8) is 0 Å². The third-order valence-electron chi connectivity index (χ3n) is 5.81. The molecule has 1 heteroatoms. The molecule has 1 unspecified atom stereocenters. The molecule has 18 heavy (non-hydrogen) atoms. The molecule has 4 aliphatic carbocycles. The Hall–Kier alpha value is -0.820. The van der Waals surface area contributed by atoms with E-state index in [4.69, 9.17) is 0 Å². The molecule has 96 valence electrons. The summed E-state index contributed by atoms with van der Waals surface area (Å²) in [5, 5.41) is 10.8. The molecule has 0 spiro atoms. The van der Waals surface area contributed by atoms with E-state index >= 15 is 0 Å². The van der Waals surface area contributed by atoms with Gasteiger partial charge in [0.1, 0.15) is 0 Å². The largest absolute Gasteiger partial charge is 0.388 e. The molecule has 0 radical (unpaired) electrons. The summed E-state index contributed by atoms with van der Waals surface area (Å²) in [7, 11) is 0. The fraction of sp³-hybridized carbons (Fsp3) is 0.647. The molecular weight excluding hydrogens is 220 g/mol. The highest BCUT2D eigenvalue weighted by Gasteiger charge is 2.50. The first-order valence-electron chi connectivity index (χ1n) is 7.54. The third-order valence-corrected chi connectivity index (χ3v) is 5.81. The second-order valence-corrected chi connectivity index (χ2v) is 6.86. The molecule has 5 rings (SSSR count). The van der Waals surface area contributed by atoms with Crippen molar-refractivity contribution in [3.8, 4) is 0 Å². The van der Waals surface area contributed by atoms with E-state index in [-0.39, 0.29) is 6.10 Å². The molecule has 1 atom stereocenters. The Bertz CT molecular complexity index is 396. The predicted molar refractivity (Wildman–Crippen MR) is 71.9 cm³/mol. The number of hydrogen-bond acceptors (Lipinski definition) is 1. The van der Waals surface area contributed by atoms with Gasteiger partial charge in [-0.3, -0.25) is 0 Å².